The van der Waals surface area contributed by atoms with E-state index < -0.39 is 35.7 Å². The van der Waals surface area contributed by atoms with Crippen LogP contribution in [0.15, 0.2) is 54.6 Å². The number of carbonyl (C=O) groups is 2. The standard InChI is InChI=1S/C22H15F2NO4/c23-15-8-7-12-3-1-5-14(16(12)10-15)11-25-17-6-2-4-13(9-18(26)27)19(17)20(24)21(25)22(28)29/h1-8,10H,9,11H2,(H,26,27)(H,28,29). The lowest BCUT2D eigenvalue weighted by Crippen LogP contribution is -2.11. The fraction of sp³-hybridized carbons (Fsp3) is 0.0909. The normalized spacial score (nSPS) is 11.2. The molecule has 0 saturated carbocycles. The maximum Gasteiger partial charge on any atom is 0.355 e. The van der Waals surface area contributed by atoms with Crippen LogP contribution in [0.2, 0.25) is 0 Å². The van der Waals surface area contributed by atoms with Crippen molar-refractivity contribution < 1.29 is 28.6 Å². The molecule has 2 N–H and O–H groups in total. The van der Waals surface area contributed by atoms with Crippen molar-refractivity contribution in [2.75, 3.05) is 0 Å². The van der Waals surface area contributed by atoms with Crippen LogP contribution in [0, 0.1) is 11.6 Å². The molecule has 1 aromatic heterocycles. The van der Waals surface area contributed by atoms with Gasteiger partial charge in [0.05, 0.1) is 11.9 Å². The van der Waals surface area contributed by atoms with Crippen LogP contribution < -0.4 is 0 Å². The number of carboxylic acids is 2. The smallest absolute Gasteiger partial charge is 0.355 e. The quantitative estimate of drug-likeness (QED) is 0.523. The summed E-state index contributed by atoms with van der Waals surface area (Å²) >= 11 is 0. The average molecular weight is 395 g/mol. The molecule has 0 unspecified atom stereocenters. The summed E-state index contributed by atoms with van der Waals surface area (Å²) in [7, 11) is 0. The first kappa shape index (κ1) is 18.6. The Morgan fingerprint density at radius 2 is 1.66 bits per heavy atom. The first-order valence-electron chi connectivity index (χ1n) is 8.78. The predicted molar refractivity (Wildman–Crippen MR) is 103 cm³/mol. The molecule has 0 aliphatic rings. The second-order valence-corrected chi connectivity index (χ2v) is 6.72. The SMILES string of the molecule is O=C(O)Cc1cccc2c1c(F)c(C(=O)O)n2Cc1cccc2ccc(F)cc12. The molecule has 146 valence electrons. The van der Waals surface area contributed by atoms with Gasteiger partial charge >= 0.3 is 11.9 Å². The number of benzene rings is 3. The monoisotopic (exact) mass is 395 g/mol. The van der Waals surface area contributed by atoms with Gasteiger partial charge in [-0.25, -0.2) is 13.6 Å². The van der Waals surface area contributed by atoms with Crippen LogP contribution in [-0.2, 0) is 17.8 Å². The summed E-state index contributed by atoms with van der Waals surface area (Å²) in [5, 5.41) is 20.0. The van der Waals surface area contributed by atoms with E-state index in [0.717, 1.165) is 5.39 Å². The molecule has 0 saturated heterocycles. The second-order valence-electron chi connectivity index (χ2n) is 6.72. The minimum absolute atomic E-state index is 0.0145. The second kappa shape index (κ2) is 7.01. The molecular formula is C22H15F2NO4. The minimum atomic E-state index is -1.47. The van der Waals surface area contributed by atoms with Gasteiger partial charge in [-0.1, -0.05) is 36.4 Å². The summed E-state index contributed by atoms with van der Waals surface area (Å²) in [6, 6.07) is 14.1. The molecule has 0 amide bonds. The number of rotatable bonds is 5. The van der Waals surface area contributed by atoms with Gasteiger partial charge < -0.3 is 14.8 Å². The Bertz CT molecular complexity index is 1290. The van der Waals surface area contributed by atoms with E-state index in [1.54, 1.807) is 36.4 Å². The lowest BCUT2D eigenvalue weighted by atomic mass is 10.0. The summed E-state index contributed by atoms with van der Waals surface area (Å²) < 4.78 is 30.1. The summed E-state index contributed by atoms with van der Waals surface area (Å²) in [5.41, 5.74) is 0.515. The number of aliphatic carboxylic acids is 1. The summed E-state index contributed by atoms with van der Waals surface area (Å²) in [6.45, 7) is -0.0145. The van der Waals surface area contributed by atoms with Crippen molar-refractivity contribution in [1.29, 1.82) is 0 Å². The van der Waals surface area contributed by atoms with Gasteiger partial charge in [0.1, 0.15) is 5.82 Å². The van der Waals surface area contributed by atoms with Crippen molar-refractivity contribution >= 4 is 33.6 Å². The molecule has 0 aliphatic heterocycles. The topological polar surface area (TPSA) is 79.5 Å². The number of halogens is 2. The fourth-order valence-corrected chi connectivity index (χ4v) is 3.72. The van der Waals surface area contributed by atoms with Gasteiger partial charge in [0.25, 0.3) is 0 Å². The molecule has 1 heterocycles. The Labute approximate surface area is 163 Å². The number of nitrogens with zero attached hydrogens (tertiary/aromatic N) is 1. The van der Waals surface area contributed by atoms with Gasteiger partial charge in [0.15, 0.2) is 11.5 Å². The lowest BCUT2D eigenvalue weighted by Gasteiger charge is -2.11. The molecule has 5 nitrogen and oxygen atoms in total. The van der Waals surface area contributed by atoms with Crippen LogP contribution in [0.5, 0.6) is 0 Å². The van der Waals surface area contributed by atoms with Crippen molar-refractivity contribution in [1.82, 2.24) is 4.57 Å². The third kappa shape index (κ3) is 3.20. The Kier molecular flexibility index (Phi) is 4.50. The lowest BCUT2D eigenvalue weighted by molar-refractivity contribution is -0.136. The molecule has 7 heteroatoms. The van der Waals surface area contributed by atoms with Gasteiger partial charge in [-0.05, 0) is 40.1 Å². The van der Waals surface area contributed by atoms with E-state index in [1.165, 1.54) is 22.8 Å². The average Bonchev–Trinajstić information content (AvgIpc) is 2.95. The molecule has 0 atom stereocenters. The first-order chi connectivity index (χ1) is 13.9. The van der Waals surface area contributed by atoms with Gasteiger partial charge in [-0.3, -0.25) is 4.79 Å². The molecule has 0 bridgehead atoms. The van der Waals surface area contributed by atoms with Crippen molar-refractivity contribution in [2.24, 2.45) is 0 Å². The third-order valence-electron chi connectivity index (χ3n) is 4.92. The Hall–Kier alpha value is -3.74. The number of hydrogen-bond donors (Lipinski definition) is 2. The van der Waals surface area contributed by atoms with Crippen molar-refractivity contribution in [3.63, 3.8) is 0 Å². The highest BCUT2D eigenvalue weighted by Gasteiger charge is 2.25. The van der Waals surface area contributed by atoms with E-state index in [9.17, 15) is 19.1 Å². The highest BCUT2D eigenvalue weighted by molar-refractivity contribution is 5.98. The van der Waals surface area contributed by atoms with Crippen LogP contribution in [0.3, 0.4) is 0 Å². The Morgan fingerprint density at radius 3 is 2.38 bits per heavy atom. The van der Waals surface area contributed by atoms with Gasteiger partial charge in [-0.2, -0.15) is 0 Å². The zero-order chi connectivity index (χ0) is 20.7. The maximum absolute atomic E-state index is 15.1. The van der Waals surface area contributed by atoms with Crippen LogP contribution in [0.25, 0.3) is 21.7 Å². The zero-order valence-corrected chi connectivity index (χ0v) is 15.0. The molecule has 0 aliphatic carbocycles. The predicted octanol–water partition coefficient (Wildman–Crippen LogP) is 4.45. The molecule has 0 fully saturated rings. The molecule has 0 spiro atoms. The van der Waals surface area contributed by atoms with Crippen LogP contribution in [0.1, 0.15) is 21.6 Å². The zero-order valence-electron chi connectivity index (χ0n) is 15.0. The van der Waals surface area contributed by atoms with Gasteiger partial charge in [0.2, 0.25) is 0 Å². The van der Waals surface area contributed by atoms with Crippen LogP contribution >= 0.6 is 0 Å². The summed E-state index contributed by atoms with van der Waals surface area (Å²) in [5.74, 6) is -4.02. The van der Waals surface area contributed by atoms with Crippen molar-refractivity contribution in [2.45, 2.75) is 13.0 Å². The number of fused-ring (bicyclic) bond motifs is 2. The number of hydrogen-bond acceptors (Lipinski definition) is 2. The fourth-order valence-electron chi connectivity index (χ4n) is 3.72. The van der Waals surface area contributed by atoms with E-state index in [4.69, 9.17) is 5.11 Å². The molecule has 29 heavy (non-hydrogen) atoms. The van der Waals surface area contributed by atoms with Crippen molar-refractivity contribution in [3.8, 4) is 0 Å². The van der Waals surface area contributed by atoms with E-state index in [2.05, 4.69) is 0 Å². The highest BCUT2D eigenvalue weighted by atomic mass is 19.1. The summed E-state index contributed by atoms with van der Waals surface area (Å²) in [4.78, 5) is 23.0. The van der Waals surface area contributed by atoms with E-state index in [1.807, 2.05) is 0 Å². The summed E-state index contributed by atoms with van der Waals surface area (Å²) in [6.07, 6.45) is -0.434. The molecule has 4 aromatic rings. The first-order valence-corrected chi connectivity index (χ1v) is 8.78. The van der Waals surface area contributed by atoms with E-state index >= 15 is 4.39 Å². The highest BCUT2D eigenvalue weighted by Crippen LogP contribution is 2.31. The molecule has 4 rings (SSSR count). The van der Waals surface area contributed by atoms with Gasteiger partial charge in [-0.15, -0.1) is 0 Å². The largest absolute Gasteiger partial charge is 0.481 e. The van der Waals surface area contributed by atoms with Crippen molar-refractivity contribution in [3.05, 3.63) is 83.1 Å². The maximum atomic E-state index is 15.1. The number of carboxylic acid groups (broad SMARTS) is 2. The Morgan fingerprint density at radius 1 is 0.931 bits per heavy atom. The Balaban J connectivity index is 1.97. The minimum Gasteiger partial charge on any atom is -0.481 e. The number of aromatic carboxylic acids is 1. The van der Waals surface area contributed by atoms with E-state index in [0.29, 0.717) is 10.9 Å². The molecule has 3 aromatic carbocycles. The van der Waals surface area contributed by atoms with Crippen LogP contribution in [-0.4, -0.2) is 26.7 Å². The number of aromatic nitrogens is 1. The molecule has 0 radical (unpaired) electrons. The molecular weight excluding hydrogens is 380 g/mol. The van der Waals surface area contributed by atoms with E-state index in [-0.39, 0.29) is 23.0 Å². The third-order valence-corrected chi connectivity index (χ3v) is 4.92. The van der Waals surface area contributed by atoms with Gasteiger partial charge in [0, 0.05) is 11.9 Å². The van der Waals surface area contributed by atoms with Crippen LogP contribution in [0.4, 0.5) is 8.78 Å².